The molecule has 1 aromatic carbocycles. The third-order valence-corrected chi connectivity index (χ3v) is 3.39. The molecule has 1 heterocycles. The molecule has 1 aliphatic carbocycles. The van der Waals surface area contributed by atoms with E-state index in [1.807, 2.05) is 0 Å². The molecule has 1 saturated carbocycles. The molecule has 0 saturated heterocycles. The Morgan fingerprint density at radius 3 is 2.67 bits per heavy atom. The summed E-state index contributed by atoms with van der Waals surface area (Å²) in [6.45, 7) is 0. The zero-order valence-electron chi connectivity index (χ0n) is 10.6. The fraction of sp³-hybridized carbons (Fsp3) is 0.231. The molecule has 21 heavy (non-hydrogen) atoms. The van der Waals surface area contributed by atoms with Crippen LogP contribution < -0.4 is 4.74 Å². The van der Waals surface area contributed by atoms with Crippen molar-refractivity contribution in [3.8, 4) is 11.6 Å². The van der Waals surface area contributed by atoms with E-state index in [0.717, 1.165) is 12.8 Å². The Bertz CT molecular complexity index is 720. The largest absolute Gasteiger partial charge is 0.432 e. The van der Waals surface area contributed by atoms with Crippen LogP contribution in [0.3, 0.4) is 0 Å². The average molecular weight is 326 g/mol. The standard InChI is InChI=1S/C13H9Cl2N3O3/c14-8-3-4-9(18(19)20)10(5-8)21-12-6-11(15)16-13(17-12)7-1-2-7/h3-7H,1-2H2. The number of nitro benzene ring substituents is 1. The lowest BCUT2D eigenvalue weighted by atomic mass is 10.3. The van der Waals surface area contributed by atoms with Gasteiger partial charge in [-0.1, -0.05) is 23.2 Å². The van der Waals surface area contributed by atoms with Gasteiger partial charge < -0.3 is 4.74 Å². The smallest absolute Gasteiger partial charge is 0.311 e. The van der Waals surface area contributed by atoms with Crippen LogP contribution in [0.4, 0.5) is 5.69 Å². The summed E-state index contributed by atoms with van der Waals surface area (Å²) in [7, 11) is 0. The molecule has 8 heteroatoms. The fourth-order valence-corrected chi connectivity index (χ4v) is 2.17. The first-order valence-electron chi connectivity index (χ1n) is 6.19. The molecule has 0 atom stereocenters. The van der Waals surface area contributed by atoms with E-state index in [4.69, 9.17) is 27.9 Å². The molecular formula is C13H9Cl2N3O3. The summed E-state index contributed by atoms with van der Waals surface area (Å²) in [4.78, 5) is 18.8. The molecule has 2 aromatic rings. The maximum atomic E-state index is 11.0. The van der Waals surface area contributed by atoms with Crippen molar-refractivity contribution >= 4 is 28.9 Å². The maximum Gasteiger partial charge on any atom is 0.311 e. The molecule has 1 aliphatic rings. The predicted octanol–water partition coefficient (Wildman–Crippen LogP) is 4.36. The van der Waals surface area contributed by atoms with Crippen LogP contribution in [0, 0.1) is 10.1 Å². The number of nitrogens with zero attached hydrogens (tertiary/aromatic N) is 3. The first-order valence-corrected chi connectivity index (χ1v) is 6.95. The molecule has 0 amide bonds. The lowest BCUT2D eigenvalue weighted by Crippen LogP contribution is -1.98. The van der Waals surface area contributed by atoms with Gasteiger partial charge in [-0.3, -0.25) is 10.1 Å². The van der Waals surface area contributed by atoms with Crippen LogP contribution in [-0.4, -0.2) is 14.9 Å². The van der Waals surface area contributed by atoms with E-state index in [0.29, 0.717) is 16.8 Å². The topological polar surface area (TPSA) is 78.2 Å². The molecule has 108 valence electrons. The van der Waals surface area contributed by atoms with Gasteiger partial charge in [0, 0.05) is 29.1 Å². The number of benzene rings is 1. The third kappa shape index (κ3) is 3.22. The molecular weight excluding hydrogens is 317 g/mol. The van der Waals surface area contributed by atoms with Crippen molar-refractivity contribution in [3.63, 3.8) is 0 Å². The van der Waals surface area contributed by atoms with Gasteiger partial charge in [0.2, 0.25) is 11.6 Å². The van der Waals surface area contributed by atoms with Gasteiger partial charge in [-0.15, -0.1) is 0 Å². The van der Waals surface area contributed by atoms with Crippen molar-refractivity contribution in [1.29, 1.82) is 0 Å². The monoisotopic (exact) mass is 325 g/mol. The number of ether oxygens (including phenoxy) is 1. The fourth-order valence-electron chi connectivity index (χ4n) is 1.82. The summed E-state index contributed by atoms with van der Waals surface area (Å²) in [5, 5.41) is 11.6. The van der Waals surface area contributed by atoms with Crippen LogP contribution in [-0.2, 0) is 0 Å². The van der Waals surface area contributed by atoms with E-state index in [1.165, 1.54) is 24.3 Å². The van der Waals surface area contributed by atoms with Crippen LogP contribution in [0.25, 0.3) is 0 Å². The summed E-state index contributed by atoms with van der Waals surface area (Å²) >= 11 is 11.8. The number of hydrogen-bond donors (Lipinski definition) is 0. The Morgan fingerprint density at radius 1 is 1.24 bits per heavy atom. The van der Waals surface area contributed by atoms with Gasteiger partial charge in [0.25, 0.3) is 0 Å². The van der Waals surface area contributed by atoms with Crippen LogP contribution in [0.5, 0.6) is 11.6 Å². The molecule has 6 nitrogen and oxygen atoms in total. The number of rotatable bonds is 4. The van der Waals surface area contributed by atoms with Gasteiger partial charge >= 0.3 is 5.69 Å². The van der Waals surface area contributed by atoms with Gasteiger partial charge in [0.05, 0.1) is 4.92 Å². The van der Waals surface area contributed by atoms with Gasteiger partial charge in [0.15, 0.2) is 0 Å². The molecule has 0 N–H and O–H groups in total. The van der Waals surface area contributed by atoms with Crippen molar-refractivity contribution in [2.45, 2.75) is 18.8 Å². The molecule has 0 spiro atoms. The summed E-state index contributed by atoms with van der Waals surface area (Å²) in [5.74, 6) is 1.08. The van der Waals surface area contributed by atoms with Crippen molar-refractivity contribution in [1.82, 2.24) is 9.97 Å². The minimum atomic E-state index is -0.545. The van der Waals surface area contributed by atoms with Gasteiger partial charge in [-0.2, -0.15) is 4.98 Å². The molecule has 0 radical (unpaired) electrons. The molecule has 0 unspecified atom stereocenters. The van der Waals surface area contributed by atoms with Gasteiger partial charge in [-0.05, 0) is 18.9 Å². The normalized spacial score (nSPS) is 14.0. The van der Waals surface area contributed by atoms with Crippen LogP contribution in [0.15, 0.2) is 24.3 Å². The van der Waals surface area contributed by atoms with Crippen LogP contribution >= 0.6 is 23.2 Å². The summed E-state index contributed by atoms with van der Waals surface area (Å²) in [6.07, 6.45) is 2.02. The molecule has 0 bridgehead atoms. The zero-order valence-corrected chi connectivity index (χ0v) is 12.1. The van der Waals surface area contributed by atoms with Crippen LogP contribution in [0.2, 0.25) is 10.2 Å². The second-order valence-electron chi connectivity index (χ2n) is 4.63. The first kappa shape index (κ1) is 14.0. The average Bonchev–Trinajstić information content (AvgIpc) is 3.21. The van der Waals surface area contributed by atoms with Crippen molar-refractivity contribution in [2.24, 2.45) is 0 Å². The second kappa shape index (κ2) is 5.46. The van der Waals surface area contributed by atoms with Gasteiger partial charge in [-0.25, -0.2) is 4.98 Å². The summed E-state index contributed by atoms with van der Waals surface area (Å²) < 4.78 is 5.49. The quantitative estimate of drug-likeness (QED) is 0.474. The highest BCUT2D eigenvalue weighted by Gasteiger charge is 2.28. The Hall–Kier alpha value is -1.92. The SMILES string of the molecule is O=[N+]([O-])c1ccc(Cl)cc1Oc1cc(Cl)nc(C2CC2)n1. The number of nitro groups is 1. The number of hydrogen-bond acceptors (Lipinski definition) is 5. The minimum absolute atomic E-state index is 0.0176. The second-order valence-corrected chi connectivity index (χ2v) is 5.46. The number of aromatic nitrogens is 2. The van der Waals surface area contributed by atoms with E-state index in [1.54, 1.807) is 0 Å². The van der Waals surface area contributed by atoms with E-state index in [2.05, 4.69) is 9.97 Å². The van der Waals surface area contributed by atoms with Crippen molar-refractivity contribution < 1.29 is 9.66 Å². The van der Waals surface area contributed by atoms with E-state index >= 15 is 0 Å². The first-order chi connectivity index (χ1) is 10.0. The lowest BCUT2D eigenvalue weighted by Gasteiger charge is -2.07. The number of halogens is 2. The van der Waals surface area contributed by atoms with E-state index in [9.17, 15) is 10.1 Å². The van der Waals surface area contributed by atoms with Crippen molar-refractivity contribution in [3.05, 3.63) is 50.4 Å². The molecule has 1 aromatic heterocycles. The Kier molecular flexibility index (Phi) is 3.65. The minimum Gasteiger partial charge on any atom is -0.432 e. The van der Waals surface area contributed by atoms with Gasteiger partial charge in [0.1, 0.15) is 11.0 Å². The predicted molar refractivity (Wildman–Crippen MR) is 77.2 cm³/mol. The van der Waals surface area contributed by atoms with Crippen LogP contribution in [0.1, 0.15) is 24.6 Å². The third-order valence-electron chi connectivity index (χ3n) is 2.96. The molecule has 1 fully saturated rings. The summed E-state index contributed by atoms with van der Waals surface area (Å²) in [5.41, 5.74) is -0.192. The molecule has 3 rings (SSSR count). The Labute approximate surface area is 129 Å². The lowest BCUT2D eigenvalue weighted by molar-refractivity contribution is -0.385. The maximum absolute atomic E-state index is 11.0. The highest BCUT2D eigenvalue weighted by atomic mass is 35.5. The van der Waals surface area contributed by atoms with E-state index in [-0.39, 0.29) is 22.5 Å². The zero-order chi connectivity index (χ0) is 15.0. The highest BCUT2D eigenvalue weighted by Crippen LogP contribution is 2.40. The highest BCUT2D eigenvalue weighted by molar-refractivity contribution is 6.30. The summed E-state index contributed by atoms with van der Waals surface area (Å²) in [6, 6.07) is 5.49. The van der Waals surface area contributed by atoms with Crippen molar-refractivity contribution in [2.75, 3.05) is 0 Å². The van der Waals surface area contributed by atoms with E-state index < -0.39 is 4.92 Å². The molecule has 0 aliphatic heterocycles. The Balaban J connectivity index is 1.96. The Morgan fingerprint density at radius 2 is 2.00 bits per heavy atom.